The summed E-state index contributed by atoms with van der Waals surface area (Å²) < 4.78 is 0. The Morgan fingerprint density at radius 1 is 1.40 bits per heavy atom. The Kier molecular flexibility index (Phi) is 1.84. The van der Waals surface area contributed by atoms with Crippen molar-refractivity contribution in [2.24, 2.45) is 16.3 Å². The van der Waals surface area contributed by atoms with Gasteiger partial charge in [-0.25, -0.2) is 0 Å². The summed E-state index contributed by atoms with van der Waals surface area (Å²) in [6.45, 7) is 10.1. The van der Waals surface area contributed by atoms with Crippen LogP contribution in [0.3, 0.4) is 0 Å². The Morgan fingerprint density at radius 3 is 2.20 bits per heavy atom. The minimum atomic E-state index is 0.446. The van der Waals surface area contributed by atoms with Crippen LogP contribution in [0.4, 0.5) is 0 Å². The zero-order valence-electron chi connectivity index (χ0n) is 7.44. The maximum Gasteiger partial charge on any atom is 0.0425 e. The van der Waals surface area contributed by atoms with Crippen LogP contribution in [0.2, 0.25) is 0 Å². The highest BCUT2D eigenvalue weighted by Gasteiger charge is 2.27. The molecule has 0 spiro atoms. The minimum Gasteiger partial charge on any atom is -0.294 e. The average Bonchev–Trinajstić information content (AvgIpc) is 2.11. The van der Waals surface area contributed by atoms with E-state index < -0.39 is 0 Å². The molecule has 1 aliphatic heterocycles. The standard InChI is InChI=1S/C9H17N/c1-7-5-8(6-10-7)9(2,3)4/h8H,5-6H2,1-4H3. The fourth-order valence-electron chi connectivity index (χ4n) is 1.33. The first-order valence-corrected chi connectivity index (χ1v) is 4.00. The van der Waals surface area contributed by atoms with E-state index in [9.17, 15) is 0 Å². The quantitative estimate of drug-likeness (QED) is 0.489. The SMILES string of the molecule is CC1=NCC(C(C)(C)C)C1. The Morgan fingerprint density at radius 2 is 2.00 bits per heavy atom. The van der Waals surface area contributed by atoms with Crippen LogP contribution in [0.25, 0.3) is 0 Å². The van der Waals surface area contributed by atoms with E-state index in [0.29, 0.717) is 5.41 Å². The van der Waals surface area contributed by atoms with Gasteiger partial charge in [0.25, 0.3) is 0 Å². The first-order chi connectivity index (χ1) is 4.50. The summed E-state index contributed by atoms with van der Waals surface area (Å²) in [6.07, 6.45) is 1.21. The summed E-state index contributed by atoms with van der Waals surface area (Å²) in [5.41, 5.74) is 1.78. The maximum absolute atomic E-state index is 4.40. The minimum absolute atomic E-state index is 0.446. The molecule has 0 saturated carbocycles. The van der Waals surface area contributed by atoms with Crippen molar-refractivity contribution in [3.63, 3.8) is 0 Å². The summed E-state index contributed by atoms with van der Waals surface area (Å²) in [6, 6.07) is 0. The van der Waals surface area contributed by atoms with Crippen molar-refractivity contribution in [3.8, 4) is 0 Å². The van der Waals surface area contributed by atoms with Crippen LogP contribution in [0.5, 0.6) is 0 Å². The molecule has 0 aliphatic carbocycles. The molecule has 1 heteroatoms. The van der Waals surface area contributed by atoms with E-state index >= 15 is 0 Å². The van der Waals surface area contributed by atoms with Gasteiger partial charge in [-0.1, -0.05) is 20.8 Å². The molecule has 0 aromatic rings. The largest absolute Gasteiger partial charge is 0.294 e. The van der Waals surface area contributed by atoms with Crippen LogP contribution in [0.1, 0.15) is 34.1 Å². The Labute approximate surface area is 63.5 Å². The lowest BCUT2D eigenvalue weighted by atomic mass is 9.79. The zero-order valence-corrected chi connectivity index (χ0v) is 7.44. The van der Waals surface area contributed by atoms with Crippen molar-refractivity contribution in [2.45, 2.75) is 34.1 Å². The number of hydrogen-bond acceptors (Lipinski definition) is 1. The van der Waals surface area contributed by atoms with Gasteiger partial charge in [-0.3, -0.25) is 4.99 Å². The number of rotatable bonds is 0. The smallest absolute Gasteiger partial charge is 0.0425 e. The fourth-order valence-corrected chi connectivity index (χ4v) is 1.33. The topological polar surface area (TPSA) is 12.4 Å². The summed E-state index contributed by atoms with van der Waals surface area (Å²) in [7, 11) is 0. The first-order valence-electron chi connectivity index (χ1n) is 4.00. The van der Waals surface area contributed by atoms with Gasteiger partial charge in [-0.2, -0.15) is 0 Å². The van der Waals surface area contributed by atoms with Crippen LogP contribution < -0.4 is 0 Å². The second kappa shape index (κ2) is 2.37. The molecular weight excluding hydrogens is 122 g/mol. The second-order valence-electron chi connectivity index (χ2n) is 4.34. The van der Waals surface area contributed by atoms with E-state index in [0.717, 1.165) is 12.5 Å². The van der Waals surface area contributed by atoms with Crippen molar-refractivity contribution >= 4 is 5.71 Å². The van der Waals surface area contributed by atoms with Gasteiger partial charge in [0.2, 0.25) is 0 Å². The summed E-state index contributed by atoms with van der Waals surface area (Å²) in [5.74, 6) is 0.785. The second-order valence-corrected chi connectivity index (χ2v) is 4.34. The highest BCUT2D eigenvalue weighted by Crippen LogP contribution is 2.32. The molecule has 1 atom stereocenters. The third-order valence-electron chi connectivity index (χ3n) is 2.35. The maximum atomic E-state index is 4.40. The summed E-state index contributed by atoms with van der Waals surface area (Å²) in [5, 5.41) is 0. The summed E-state index contributed by atoms with van der Waals surface area (Å²) in [4.78, 5) is 4.40. The lowest BCUT2D eigenvalue weighted by Gasteiger charge is -2.25. The number of nitrogens with zero attached hydrogens (tertiary/aromatic N) is 1. The van der Waals surface area contributed by atoms with Gasteiger partial charge < -0.3 is 0 Å². The molecule has 1 aliphatic rings. The average molecular weight is 139 g/mol. The van der Waals surface area contributed by atoms with E-state index in [1.165, 1.54) is 12.1 Å². The monoisotopic (exact) mass is 139 g/mol. The van der Waals surface area contributed by atoms with Gasteiger partial charge in [-0.05, 0) is 24.7 Å². The Bertz CT molecular complexity index is 151. The molecule has 1 unspecified atom stereocenters. The highest BCUT2D eigenvalue weighted by molar-refractivity contribution is 5.83. The van der Waals surface area contributed by atoms with E-state index in [-0.39, 0.29) is 0 Å². The van der Waals surface area contributed by atoms with Crippen molar-refractivity contribution in [2.75, 3.05) is 6.54 Å². The van der Waals surface area contributed by atoms with Gasteiger partial charge in [0, 0.05) is 12.3 Å². The molecular formula is C9H17N. The molecule has 10 heavy (non-hydrogen) atoms. The molecule has 58 valence electrons. The molecule has 0 saturated heterocycles. The predicted molar refractivity (Wildman–Crippen MR) is 45.5 cm³/mol. The van der Waals surface area contributed by atoms with E-state index in [1.807, 2.05) is 0 Å². The fraction of sp³-hybridized carbons (Fsp3) is 0.889. The van der Waals surface area contributed by atoms with Crippen LogP contribution in [0, 0.1) is 11.3 Å². The molecule has 0 aromatic heterocycles. The van der Waals surface area contributed by atoms with Gasteiger partial charge in [0.15, 0.2) is 0 Å². The van der Waals surface area contributed by atoms with Crippen molar-refractivity contribution in [1.29, 1.82) is 0 Å². The van der Waals surface area contributed by atoms with Crippen LogP contribution in [-0.4, -0.2) is 12.3 Å². The molecule has 0 radical (unpaired) electrons. The number of hydrogen-bond donors (Lipinski definition) is 0. The molecule has 0 bridgehead atoms. The Balaban J connectivity index is 2.50. The molecule has 0 N–H and O–H groups in total. The lowest BCUT2D eigenvalue weighted by Crippen LogP contribution is -2.20. The van der Waals surface area contributed by atoms with Crippen LogP contribution in [0.15, 0.2) is 4.99 Å². The van der Waals surface area contributed by atoms with E-state index in [1.54, 1.807) is 0 Å². The van der Waals surface area contributed by atoms with Crippen LogP contribution in [-0.2, 0) is 0 Å². The molecule has 1 nitrogen and oxygen atoms in total. The van der Waals surface area contributed by atoms with Crippen molar-refractivity contribution in [1.82, 2.24) is 0 Å². The lowest BCUT2D eigenvalue weighted by molar-refractivity contribution is 0.265. The Hall–Kier alpha value is -0.330. The van der Waals surface area contributed by atoms with Gasteiger partial charge in [-0.15, -0.1) is 0 Å². The third kappa shape index (κ3) is 1.59. The van der Waals surface area contributed by atoms with Crippen molar-refractivity contribution in [3.05, 3.63) is 0 Å². The third-order valence-corrected chi connectivity index (χ3v) is 2.35. The first kappa shape index (κ1) is 7.77. The normalized spacial score (nSPS) is 26.8. The zero-order chi connectivity index (χ0) is 7.78. The van der Waals surface area contributed by atoms with Crippen LogP contribution >= 0.6 is 0 Å². The molecule has 1 rings (SSSR count). The molecule has 0 fully saturated rings. The highest BCUT2D eigenvalue weighted by atomic mass is 14.8. The molecule has 1 heterocycles. The molecule has 0 amide bonds. The van der Waals surface area contributed by atoms with E-state index in [4.69, 9.17) is 0 Å². The predicted octanol–water partition coefficient (Wildman–Crippen LogP) is 2.51. The van der Waals surface area contributed by atoms with E-state index in [2.05, 4.69) is 32.7 Å². The molecule has 0 aromatic carbocycles. The van der Waals surface area contributed by atoms with Gasteiger partial charge >= 0.3 is 0 Å². The van der Waals surface area contributed by atoms with Gasteiger partial charge in [0.05, 0.1) is 0 Å². The van der Waals surface area contributed by atoms with Gasteiger partial charge in [0.1, 0.15) is 0 Å². The number of aliphatic imine (C=N–C) groups is 1. The summed E-state index contributed by atoms with van der Waals surface area (Å²) >= 11 is 0. The van der Waals surface area contributed by atoms with Crippen molar-refractivity contribution < 1.29 is 0 Å².